The fourth-order valence-electron chi connectivity index (χ4n) is 6.23. The minimum atomic E-state index is -0.943. The summed E-state index contributed by atoms with van der Waals surface area (Å²) in [6, 6.07) is 16.9. The van der Waals surface area contributed by atoms with Gasteiger partial charge in [-0.25, -0.2) is 8.78 Å². The van der Waals surface area contributed by atoms with Crippen molar-refractivity contribution >= 4 is 55.3 Å². The van der Waals surface area contributed by atoms with Gasteiger partial charge in [-0.2, -0.15) is 9.13 Å². The first-order valence-electron chi connectivity index (χ1n) is 15.8. The van der Waals surface area contributed by atoms with Gasteiger partial charge in [0.15, 0.2) is 13.1 Å². The normalized spacial score (nSPS) is 17.5. The van der Waals surface area contributed by atoms with E-state index in [2.05, 4.69) is 67.5 Å². The highest BCUT2D eigenvalue weighted by atomic mass is 32.1. The van der Waals surface area contributed by atoms with Gasteiger partial charge < -0.3 is 9.80 Å². The molecule has 0 N–H and O–H groups in total. The Labute approximate surface area is 261 Å². The average molecular weight is 621 g/mol. The lowest BCUT2D eigenvalue weighted by atomic mass is 10.2. The Morgan fingerprint density at radius 1 is 0.767 bits per heavy atom. The summed E-state index contributed by atoms with van der Waals surface area (Å²) >= 11 is 3.45. The van der Waals surface area contributed by atoms with Gasteiger partial charge in [-0.1, -0.05) is 46.9 Å². The van der Waals surface area contributed by atoms with Gasteiger partial charge in [0, 0.05) is 63.0 Å². The van der Waals surface area contributed by atoms with Crippen LogP contribution in [0.25, 0.3) is 32.6 Å². The molecule has 2 aliphatic rings. The van der Waals surface area contributed by atoms with E-state index in [0.29, 0.717) is 6.54 Å². The molecule has 2 aromatic carbocycles. The second kappa shape index (κ2) is 14.7. The molecule has 8 heteroatoms. The highest BCUT2D eigenvalue weighted by molar-refractivity contribution is 7.19. The van der Waals surface area contributed by atoms with Crippen molar-refractivity contribution in [2.45, 2.75) is 64.2 Å². The van der Waals surface area contributed by atoms with E-state index in [1.54, 1.807) is 41.0 Å². The SMILES string of the molecule is FC(C=Cc1sc2ccccc2[n+]1CCCCC[n+]1c(C=CC(F)CN2CCCC2)sc2ccccc21)=CN1CCCC1. The molecule has 2 aliphatic heterocycles. The zero-order chi connectivity index (χ0) is 29.4. The first kappa shape index (κ1) is 30.1. The van der Waals surface area contributed by atoms with E-state index in [1.807, 2.05) is 12.2 Å². The first-order valence-corrected chi connectivity index (χ1v) is 17.4. The molecule has 0 aliphatic carbocycles. The monoisotopic (exact) mass is 620 g/mol. The number of hydrogen-bond donors (Lipinski definition) is 0. The van der Waals surface area contributed by atoms with Gasteiger partial charge in [0.05, 0.1) is 0 Å². The zero-order valence-corrected chi connectivity index (χ0v) is 26.5. The van der Waals surface area contributed by atoms with Gasteiger partial charge in [0.1, 0.15) is 21.4 Å². The summed E-state index contributed by atoms with van der Waals surface area (Å²) in [6.07, 6.45) is 15.8. The van der Waals surface area contributed by atoms with E-state index in [4.69, 9.17) is 0 Å². The van der Waals surface area contributed by atoms with Crippen molar-refractivity contribution in [2.24, 2.45) is 0 Å². The lowest BCUT2D eigenvalue weighted by Crippen LogP contribution is -2.36. The Bertz CT molecular complexity index is 1590. The number of aryl methyl sites for hydroxylation is 2. The molecule has 0 spiro atoms. The molecule has 43 heavy (non-hydrogen) atoms. The van der Waals surface area contributed by atoms with Crippen molar-refractivity contribution in [1.82, 2.24) is 9.80 Å². The molecule has 0 radical (unpaired) electrons. The van der Waals surface area contributed by atoms with E-state index < -0.39 is 6.17 Å². The summed E-state index contributed by atoms with van der Waals surface area (Å²) in [5, 5.41) is 2.19. The van der Waals surface area contributed by atoms with Gasteiger partial charge in [-0.05, 0) is 69.5 Å². The van der Waals surface area contributed by atoms with E-state index in [1.165, 1.54) is 33.3 Å². The molecule has 4 aromatic rings. The summed E-state index contributed by atoms with van der Waals surface area (Å²) in [7, 11) is 0. The molecule has 2 aromatic heterocycles. The molecule has 6 rings (SSSR count). The summed E-state index contributed by atoms with van der Waals surface area (Å²) in [5.74, 6) is -0.189. The number of hydrogen-bond acceptors (Lipinski definition) is 4. The molecule has 2 fully saturated rings. The van der Waals surface area contributed by atoms with Crippen LogP contribution in [0, 0.1) is 0 Å². The van der Waals surface area contributed by atoms with Gasteiger partial charge in [0.2, 0.25) is 11.0 Å². The van der Waals surface area contributed by atoms with Crippen LogP contribution in [0.4, 0.5) is 8.78 Å². The number of nitrogens with zero attached hydrogens (tertiary/aromatic N) is 4. The number of fused-ring (bicyclic) bond motifs is 2. The Morgan fingerprint density at radius 2 is 1.33 bits per heavy atom. The van der Waals surface area contributed by atoms with Gasteiger partial charge >= 0.3 is 0 Å². The molecule has 226 valence electrons. The molecular formula is C35H42F2N4S2+2. The third kappa shape index (κ3) is 7.78. The second-order valence-corrected chi connectivity index (χ2v) is 13.8. The topological polar surface area (TPSA) is 14.2 Å². The Balaban J connectivity index is 1.09. The van der Waals surface area contributed by atoms with Crippen molar-refractivity contribution in [3.63, 3.8) is 0 Å². The van der Waals surface area contributed by atoms with Crippen molar-refractivity contribution < 1.29 is 17.9 Å². The van der Waals surface area contributed by atoms with Crippen molar-refractivity contribution in [3.8, 4) is 0 Å². The average Bonchev–Trinajstić information content (AvgIpc) is 3.83. The number of benzene rings is 2. The fraction of sp³-hybridized carbons (Fsp3) is 0.429. The minimum Gasteiger partial charge on any atom is -0.375 e. The molecule has 4 nitrogen and oxygen atoms in total. The number of aromatic nitrogens is 2. The molecule has 0 amide bonds. The molecule has 0 saturated carbocycles. The predicted octanol–water partition coefficient (Wildman–Crippen LogP) is 7.93. The molecule has 4 heterocycles. The number of para-hydroxylation sites is 2. The third-order valence-corrected chi connectivity index (χ3v) is 10.7. The number of halogens is 2. The molecule has 0 bridgehead atoms. The van der Waals surface area contributed by atoms with Crippen LogP contribution in [0.15, 0.2) is 72.7 Å². The third-order valence-electron chi connectivity index (χ3n) is 8.45. The van der Waals surface area contributed by atoms with Crippen LogP contribution >= 0.6 is 22.7 Å². The van der Waals surface area contributed by atoms with Crippen LogP contribution in [0.5, 0.6) is 0 Å². The first-order chi connectivity index (χ1) is 21.1. The largest absolute Gasteiger partial charge is 0.375 e. The summed E-state index contributed by atoms with van der Waals surface area (Å²) in [5.41, 5.74) is 2.42. The van der Waals surface area contributed by atoms with E-state index >= 15 is 0 Å². The van der Waals surface area contributed by atoms with Gasteiger partial charge in [-0.3, -0.25) is 0 Å². The molecular weight excluding hydrogens is 579 g/mol. The molecule has 1 unspecified atom stereocenters. The quantitative estimate of drug-likeness (QED) is 0.0857. The van der Waals surface area contributed by atoms with E-state index in [-0.39, 0.29) is 5.83 Å². The highest BCUT2D eigenvalue weighted by Gasteiger charge is 2.21. The molecule has 2 saturated heterocycles. The van der Waals surface area contributed by atoms with Crippen LogP contribution in [-0.2, 0) is 13.1 Å². The number of thiazole rings is 2. The summed E-state index contributed by atoms with van der Waals surface area (Å²) < 4.78 is 36.6. The fourth-order valence-corrected chi connectivity index (χ4v) is 8.42. The number of alkyl halides is 1. The Hall–Kier alpha value is -2.94. The van der Waals surface area contributed by atoms with Crippen molar-refractivity contribution in [3.05, 3.63) is 82.7 Å². The second-order valence-electron chi connectivity index (χ2n) is 11.7. The Morgan fingerprint density at radius 3 is 1.95 bits per heavy atom. The number of unbranched alkanes of at least 4 members (excludes halogenated alkanes) is 2. The predicted molar refractivity (Wildman–Crippen MR) is 177 cm³/mol. The minimum absolute atomic E-state index is 0.189. The van der Waals surface area contributed by atoms with E-state index in [9.17, 15) is 8.78 Å². The summed E-state index contributed by atoms with van der Waals surface area (Å²) in [4.78, 5) is 4.30. The van der Waals surface area contributed by atoms with E-state index in [0.717, 1.165) is 81.4 Å². The maximum Gasteiger partial charge on any atom is 0.262 e. The number of allylic oxidation sites excluding steroid dienone is 2. The van der Waals surface area contributed by atoms with Gasteiger partial charge in [0.25, 0.3) is 10.0 Å². The maximum atomic E-state index is 14.8. The van der Waals surface area contributed by atoms with Crippen LogP contribution in [0.3, 0.4) is 0 Å². The van der Waals surface area contributed by atoms with Gasteiger partial charge in [-0.15, -0.1) is 0 Å². The van der Waals surface area contributed by atoms with Crippen LogP contribution < -0.4 is 9.13 Å². The Kier molecular flexibility index (Phi) is 10.3. The number of likely N-dealkylation sites (tertiary alicyclic amines) is 2. The van der Waals surface area contributed by atoms with Crippen molar-refractivity contribution in [1.29, 1.82) is 0 Å². The lowest BCUT2D eigenvalue weighted by Gasteiger charge is -2.15. The standard InChI is InChI=1S/C35H42F2N4S2/c36-28(26-38-20-8-9-21-38)16-18-34-40(30-12-2-4-14-32(30)42-34)24-6-1-7-25-41-31-13-3-5-15-33(31)43-35(41)19-17-29(37)27-39-22-10-11-23-39/h2-5,12-19,26,29H,1,6-11,20-25,27H2/q+2. The smallest absolute Gasteiger partial charge is 0.262 e. The number of rotatable bonds is 13. The van der Waals surface area contributed by atoms with Crippen LogP contribution in [-0.4, -0.2) is 48.7 Å². The van der Waals surface area contributed by atoms with Crippen LogP contribution in [0.2, 0.25) is 0 Å². The molecule has 1 atom stereocenters. The van der Waals surface area contributed by atoms with Crippen molar-refractivity contribution in [2.75, 3.05) is 32.7 Å². The zero-order valence-electron chi connectivity index (χ0n) is 24.8. The summed E-state index contributed by atoms with van der Waals surface area (Å²) in [6.45, 7) is 6.20. The highest BCUT2D eigenvalue weighted by Crippen LogP contribution is 2.24. The lowest BCUT2D eigenvalue weighted by molar-refractivity contribution is -0.673. The van der Waals surface area contributed by atoms with Crippen LogP contribution in [0.1, 0.15) is 55.0 Å². The maximum absolute atomic E-state index is 14.8.